The molecule has 0 amide bonds. The van der Waals surface area contributed by atoms with Gasteiger partial charge in [-0.2, -0.15) is 0 Å². The van der Waals surface area contributed by atoms with Crippen LogP contribution in [0, 0.1) is 11.6 Å². The van der Waals surface area contributed by atoms with Crippen LogP contribution in [0.15, 0.2) is 6.07 Å². The lowest BCUT2D eigenvalue weighted by Gasteiger charge is -2.43. The Bertz CT molecular complexity index is 478. The van der Waals surface area contributed by atoms with Gasteiger partial charge in [-0.25, -0.2) is 8.78 Å². The molecule has 2 aliphatic rings. The summed E-state index contributed by atoms with van der Waals surface area (Å²) in [5, 5.41) is 0. The van der Waals surface area contributed by atoms with E-state index in [-0.39, 0.29) is 5.41 Å². The first-order valence-corrected chi connectivity index (χ1v) is 6.52. The average Bonchev–Trinajstić information content (AvgIpc) is 2.32. The number of hydrogen-bond acceptors (Lipinski definition) is 2. The molecule has 3 rings (SSSR count). The fourth-order valence-electron chi connectivity index (χ4n) is 3.11. The first-order valence-electron chi connectivity index (χ1n) is 6.52. The minimum atomic E-state index is -0.502. The third-order valence-corrected chi connectivity index (χ3v) is 4.33. The molecule has 1 aromatic rings. The molecular weight excluding hydrogens is 236 g/mol. The van der Waals surface area contributed by atoms with E-state index in [9.17, 15) is 8.78 Å². The maximum absolute atomic E-state index is 14.2. The summed E-state index contributed by atoms with van der Waals surface area (Å²) in [5.41, 5.74) is 6.54. The summed E-state index contributed by atoms with van der Waals surface area (Å²) in [4.78, 5) is 0. The second-order valence-electron chi connectivity index (χ2n) is 5.31. The molecule has 1 aliphatic heterocycles. The summed E-state index contributed by atoms with van der Waals surface area (Å²) in [7, 11) is 0. The van der Waals surface area contributed by atoms with Crippen molar-refractivity contribution in [2.75, 3.05) is 13.2 Å². The molecular formula is C14H17F2NO. The standard InChI is InChI=1S/C14H17F2NO/c15-10-7-11(16)12(14(8-17)4-2-5-14)13-9(10)3-1-6-18-13/h7H,1-6,8,17H2. The second-order valence-corrected chi connectivity index (χ2v) is 5.31. The number of benzene rings is 1. The predicted molar refractivity (Wildman–Crippen MR) is 64.8 cm³/mol. The highest BCUT2D eigenvalue weighted by molar-refractivity contribution is 5.49. The van der Waals surface area contributed by atoms with Crippen molar-refractivity contribution in [3.05, 3.63) is 28.8 Å². The van der Waals surface area contributed by atoms with E-state index < -0.39 is 11.6 Å². The molecule has 0 spiro atoms. The van der Waals surface area contributed by atoms with Crippen LogP contribution in [0.25, 0.3) is 0 Å². The Balaban J connectivity index is 2.19. The van der Waals surface area contributed by atoms with Gasteiger partial charge in [0.2, 0.25) is 0 Å². The Morgan fingerprint density at radius 3 is 2.61 bits per heavy atom. The summed E-state index contributed by atoms with van der Waals surface area (Å²) in [6, 6.07) is 0.999. The van der Waals surface area contributed by atoms with Gasteiger partial charge in [-0.15, -0.1) is 0 Å². The van der Waals surface area contributed by atoms with Gasteiger partial charge in [0.1, 0.15) is 17.4 Å². The molecule has 1 aromatic carbocycles. The van der Waals surface area contributed by atoms with Crippen molar-refractivity contribution in [1.29, 1.82) is 0 Å². The van der Waals surface area contributed by atoms with Gasteiger partial charge in [0, 0.05) is 29.2 Å². The van der Waals surface area contributed by atoms with Gasteiger partial charge in [0.25, 0.3) is 0 Å². The lowest BCUT2D eigenvalue weighted by atomic mass is 9.63. The highest BCUT2D eigenvalue weighted by atomic mass is 19.1. The van der Waals surface area contributed by atoms with E-state index >= 15 is 0 Å². The predicted octanol–water partition coefficient (Wildman–Crippen LogP) is 2.67. The largest absolute Gasteiger partial charge is 0.493 e. The molecule has 98 valence electrons. The van der Waals surface area contributed by atoms with Crippen molar-refractivity contribution in [1.82, 2.24) is 0 Å². The van der Waals surface area contributed by atoms with E-state index in [1.807, 2.05) is 0 Å². The number of rotatable bonds is 2. The first kappa shape index (κ1) is 11.9. The van der Waals surface area contributed by atoms with E-state index in [1.165, 1.54) is 0 Å². The minimum absolute atomic E-state index is 0.334. The number of halogens is 2. The zero-order valence-electron chi connectivity index (χ0n) is 10.3. The Morgan fingerprint density at radius 1 is 1.22 bits per heavy atom. The van der Waals surface area contributed by atoms with Crippen LogP contribution in [0.4, 0.5) is 8.78 Å². The summed E-state index contributed by atoms with van der Waals surface area (Å²) < 4.78 is 33.5. The molecule has 0 saturated heterocycles. The smallest absolute Gasteiger partial charge is 0.133 e. The topological polar surface area (TPSA) is 35.2 Å². The van der Waals surface area contributed by atoms with E-state index in [1.54, 1.807) is 0 Å². The van der Waals surface area contributed by atoms with Crippen LogP contribution >= 0.6 is 0 Å². The van der Waals surface area contributed by atoms with Gasteiger partial charge in [-0.3, -0.25) is 0 Å². The molecule has 0 radical (unpaired) electrons. The number of ether oxygens (including phenoxy) is 1. The second kappa shape index (κ2) is 4.19. The van der Waals surface area contributed by atoms with Crippen LogP contribution in [-0.2, 0) is 11.8 Å². The Morgan fingerprint density at radius 2 is 2.00 bits per heavy atom. The quantitative estimate of drug-likeness (QED) is 0.879. The van der Waals surface area contributed by atoms with Crippen molar-refractivity contribution in [2.24, 2.45) is 5.73 Å². The molecule has 18 heavy (non-hydrogen) atoms. The molecule has 1 fully saturated rings. The maximum Gasteiger partial charge on any atom is 0.133 e. The van der Waals surface area contributed by atoms with Crippen molar-refractivity contribution in [3.63, 3.8) is 0 Å². The summed E-state index contributed by atoms with van der Waals surface area (Å²) in [6.45, 7) is 0.925. The Kier molecular flexibility index (Phi) is 2.77. The van der Waals surface area contributed by atoms with Gasteiger partial charge in [-0.1, -0.05) is 6.42 Å². The van der Waals surface area contributed by atoms with Crippen LogP contribution < -0.4 is 10.5 Å². The normalized spacial score (nSPS) is 20.8. The van der Waals surface area contributed by atoms with Crippen LogP contribution in [0.5, 0.6) is 5.75 Å². The summed E-state index contributed by atoms with van der Waals surface area (Å²) in [5.74, 6) is -0.556. The average molecular weight is 253 g/mol. The number of hydrogen-bond donors (Lipinski definition) is 1. The molecule has 4 heteroatoms. The van der Waals surface area contributed by atoms with E-state index in [2.05, 4.69) is 0 Å². The first-order chi connectivity index (χ1) is 8.68. The Labute approximate surface area is 105 Å². The summed E-state index contributed by atoms with van der Waals surface area (Å²) in [6.07, 6.45) is 4.17. The number of fused-ring (bicyclic) bond motifs is 1. The van der Waals surface area contributed by atoms with E-state index in [4.69, 9.17) is 10.5 Å². The SMILES string of the molecule is NCC1(c2c(F)cc(F)c3c2OCCC3)CCC1. The molecule has 0 atom stereocenters. The van der Waals surface area contributed by atoms with Crippen LogP contribution in [0.2, 0.25) is 0 Å². The van der Waals surface area contributed by atoms with Crippen LogP contribution in [-0.4, -0.2) is 13.2 Å². The van der Waals surface area contributed by atoms with Crippen LogP contribution in [0.1, 0.15) is 36.8 Å². The minimum Gasteiger partial charge on any atom is -0.493 e. The third kappa shape index (κ3) is 1.55. The molecule has 1 heterocycles. The molecule has 2 nitrogen and oxygen atoms in total. The van der Waals surface area contributed by atoms with E-state index in [0.29, 0.717) is 36.4 Å². The molecule has 0 unspecified atom stereocenters. The van der Waals surface area contributed by atoms with Gasteiger partial charge in [-0.05, 0) is 25.7 Å². The van der Waals surface area contributed by atoms with Gasteiger partial charge < -0.3 is 10.5 Å². The number of nitrogens with two attached hydrogens (primary N) is 1. The van der Waals surface area contributed by atoms with Crippen LogP contribution in [0.3, 0.4) is 0 Å². The van der Waals surface area contributed by atoms with Crippen molar-refractivity contribution in [3.8, 4) is 5.75 Å². The zero-order valence-corrected chi connectivity index (χ0v) is 10.3. The fraction of sp³-hybridized carbons (Fsp3) is 0.571. The maximum atomic E-state index is 14.2. The van der Waals surface area contributed by atoms with Crippen molar-refractivity contribution >= 4 is 0 Å². The molecule has 1 saturated carbocycles. The third-order valence-electron chi connectivity index (χ3n) is 4.33. The molecule has 0 bridgehead atoms. The molecule has 0 aromatic heterocycles. The molecule has 1 aliphatic carbocycles. The van der Waals surface area contributed by atoms with Crippen molar-refractivity contribution in [2.45, 2.75) is 37.5 Å². The highest BCUT2D eigenvalue weighted by Crippen LogP contribution is 2.49. The fourth-order valence-corrected chi connectivity index (χ4v) is 3.11. The van der Waals surface area contributed by atoms with Gasteiger partial charge in [0.05, 0.1) is 6.61 Å². The highest BCUT2D eigenvalue weighted by Gasteiger charge is 2.43. The lowest BCUT2D eigenvalue weighted by molar-refractivity contribution is 0.217. The monoisotopic (exact) mass is 253 g/mol. The van der Waals surface area contributed by atoms with E-state index in [0.717, 1.165) is 31.7 Å². The van der Waals surface area contributed by atoms with Gasteiger partial charge >= 0.3 is 0 Å². The summed E-state index contributed by atoms with van der Waals surface area (Å²) >= 11 is 0. The molecule has 2 N–H and O–H groups in total. The van der Waals surface area contributed by atoms with Gasteiger partial charge in [0.15, 0.2) is 0 Å². The lowest BCUT2D eigenvalue weighted by Crippen LogP contribution is -2.43. The van der Waals surface area contributed by atoms with Crippen molar-refractivity contribution < 1.29 is 13.5 Å². The Hall–Kier alpha value is -1.16. The zero-order chi connectivity index (χ0) is 12.8.